The molecule has 2 aromatic rings. The van der Waals surface area contributed by atoms with Gasteiger partial charge in [-0.15, -0.1) is 0 Å². The predicted octanol–water partition coefficient (Wildman–Crippen LogP) is 2.32. The monoisotopic (exact) mass is 308 g/mol. The molecule has 1 unspecified atom stereocenters. The molecule has 1 atom stereocenters. The molecule has 0 radical (unpaired) electrons. The number of carbonyl (C=O) groups excluding carboxylic acids is 2. The fraction of sp³-hybridized carbons (Fsp3) is 0.263. The molecule has 1 heterocycles. The maximum atomic E-state index is 12.5. The number of nitrogens with zero attached hydrogens (tertiary/aromatic N) is 1. The van der Waals surface area contributed by atoms with E-state index in [0.29, 0.717) is 13.0 Å². The molecule has 0 saturated heterocycles. The van der Waals surface area contributed by atoms with Gasteiger partial charge in [0.1, 0.15) is 6.04 Å². The minimum absolute atomic E-state index is 0.0904. The van der Waals surface area contributed by atoms with Crippen LogP contribution in [0.25, 0.3) is 0 Å². The van der Waals surface area contributed by atoms with Crippen molar-refractivity contribution in [3.05, 3.63) is 65.7 Å². The molecule has 1 aliphatic rings. The molecule has 0 aromatic heterocycles. The Balaban J connectivity index is 1.64. The number of nitrogens with one attached hydrogen (secondary N) is 1. The third-order valence-corrected chi connectivity index (χ3v) is 4.17. The molecule has 1 N–H and O–H groups in total. The van der Waals surface area contributed by atoms with Crippen LogP contribution >= 0.6 is 0 Å². The molecule has 2 amide bonds. The van der Waals surface area contributed by atoms with E-state index in [1.165, 1.54) is 12.5 Å². The lowest BCUT2D eigenvalue weighted by Gasteiger charge is -2.23. The lowest BCUT2D eigenvalue weighted by molar-refractivity contribution is -0.125. The summed E-state index contributed by atoms with van der Waals surface area (Å²) in [6.45, 7) is 2.08. The van der Waals surface area contributed by atoms with Gasteiger partial charge in [0.15, 0.2) is 0 Å². The number of benzene rings is 2. The second kappa shape index (κ2) is 6.65. The van der Waals surface area contributed by atoms with Crippen molar-refractivity contribution in [1.82, 2.24) is 5.32 Å². The van der Waals surface area contributed by atoms with Gasteiger partial charge in [-0.1, -0.05) is 48.5 Å². The average molecular weight is 308 g/mol. The first-order chi connectivity index (χ1) is 11.2. The Kier molecular flexibility index (Phi) is 4.42. The van der Waals surface area contributed by atoms with Crippen LogP contribution in [0.1, 0.15) is 18.1 Å². The van der Waals surface area contributed by atoms with E-state index in [1.807, 2.05) is 54.6 Å². The Bertz CT molecular complexity index is 712. The van der Waals surface area contributed by atoms with Gasteiger partial charge in [0.2, 0.25) is 11.8 Å². The predicted molar refractivity (Wildman–Crippen MR) is 90.2 cm³/mol. The van der Waals surface area contributed by atoms with Gasteiger partial charge >= 0.3 is 0 Å². The summed E-state index contributed by atoms with van der Waals surface area (Å²) in [5, 5.41) is 2.96. The van der Waals surface area contributed by atoms with Crippen LogP contribution in [-0.2, 0) is 22.4 Å². The third kappa shape index (κ3) is 3.26. The molecule has 23 heavy (non-hydrogen) atoms. The number of hydrogen-bond donors (Lipinski definition) is 1. The highest BCUT2D eigenvalue weighted by Crippen LogP contribution is 2.32. The van der Waals surface area contributed by atoms with Gasteiger partial charge in [-0.05, 0) is 23.6 Å². The summed E-state index contributed by atoms with van der Waals surface area (Å²) in [4.78, 5) is 26.1. The Labute approximate surface area is 136 Å². The molecule has 3 rings (SSSR count). The second-order valence-electron chi connectivity index (χ2n) is 5.76. The van der Waals surface area contributed by atoms with Crippen molar-refractivity contribution in [1.29, 1.82) is 0 Å². The first-order valence-corrected chi connectivity index (χ1v) is 7.86. The van der Waals surface area contributed by atoms with E-state index in [0.717, 1.165) is 17.7 Å². The average Bonchev–Trinajstić information content (AvgIpc) is 2.95. The topological polar surface area (TPSA) is 49.4 Å². The van der Waals surface area contributed by atoms with Crippen LogP contribution in [0.5, 0.6) is 0 Å². The van der Waals surface area contributed by atoms with Crippen LogP contribution in [-0.4, -0.2) is 24.4 Å². The number of anilines is 1. The normalized spacial score (nSPS) is 16.0. The second-order valence-corrected chi connectivity index (χ2v) is 5.76. The zero-order chi connectivity index (χ0) is 16.2. The first-order valence-electron chi connectivity index (χ1n) is 7.86. The summed E-state index contributed by atoms with van der Waals surface area (Å²) in [7, 11) is 0. The molecular formula is C19H20N2O2. The quantitative estimate of drug-likeness (QED) is 0.942. The van der Waals surface area contributed by atoms with Crippen LogP contribution in [0.15, 0.2) is 54.6 Å². The molecule has 0 saturated carbocycles. The van der Waals surface area contributed by atoms with Gasteiger partial charge in [-0.3, -0.25) is 14.5 Å². The van der Waals surface area contributed by atoms with E-state index in [9.17, 15) is 9.59 Å². The fourth-order valence-corrected chi connectivity index (χ4v) is 3.08. The number of rotatable bonds is 4. The number of fused-ring (bicyclic) bond motifs is 1. The Morgan fingerprint density at radius 3 is 2.52 bits per heavy atom. The van der Waals surface area contributed by atoms with E-state index >= 15 is 0 Å². The molecule has 1 aliphatic heterocycles. The highest BCUT2D eigenvalue weighted by molar-refractivity contribution is 6.02. The highest BCUT2D eigenvalue weighted by Gasteiger charge is 2.36. The maximum Gasteiger partial charge on any atom is 0.243 e. The SMILES string of the molecule is CC(=O)N1c2ccccc2CC1C(=O)NCCc1ccccc1. The van der Waals surface area contributed by atoms with Gasteiger partial charge in [0.25, 0.3) is 0 Å². The van der Waals surface area contributed by atoms with Crippen molar-refractivity contribution in [2.45, 2.75) is 25.8 Å². The minimum atomic E-state index is -0.444. The number of carbonyl (C=O) groups is 2. The van der Waals surface area contributed by atoms with Gasteiger partial charge < -0.3 is 5.32 Å². The molecule has 0 bridgehead atoms. The van der Waals surface area contributed by atoms with Gasteiger partial charge in [-0.25, -0.2) is 0 Å². The van der Waals surface area contributed by atoms with Gasteiger partial charge in [0, 0.05) is 25.6 Å². The summed E-state index contributed by atoms with van der Waals surface area (Å²) in [5.41, 5.74) is 3.08. The molecule has 4 heteroatoms. The molecule has 0 fully saturated rings. The Morgan fingerprint density at radius 1 is 1.09 bits per heavy atom. The smallest absolute Gasteiger partial charge is 0.243 e. The first kappa shape index (κ1) is 15.3. The Hall–Kier alpha value is -2.62. The summed E-state index contributed by atoms with van der Waals surface area (Å²) in [5.74, 6) is -0.189. The summed E-state index contributed by atoms with van der Waals surface area (Å²) < 4.78 is 0. The number of amides is 2. The van der Waals surface area contributed by atoms with Crippen LogP contribution < -0.4 is 10.2 Å². The summed E-state index contributed by atoms with van der Waals surface area (Å²) >= 11 is 0. The van der Waals surface area contributed by atoms with Crippen LogP contribution in [0, 0.1) is 0 Å². The van der Waals surface area contributed by atoms with Crippen molar-refractivity contribution in [2.75, 3.05) is 11.4 Å². The van der Waals surface area contributed by atoms with Gasteiger partial charge in [0.05, 0.1) is 0 Å². The van der Waals surface area contributed by atoms with Crippen molar-refractivity contribution in [3.8, 4) is 0 Å². The molecule has 4 nitrogen and oxygen atoms in total. The van der Waals surface area contributed by atoms with Crippen LogP contribution in [0.3, 0.4) is 0 Å². The van der Waals surface area contributed by atoms with E-state index in [-0.39, 0.29) is 11.8 Å². The lowest BCUT2D eigenvalue weighted by atomic mass is 10.1. The molecule has 0 spiro atoms. The van der Waals surface area contributed by atoms with E-state index in [4.69, 9.17) is 0 Å². The standard InChI is InChI=1S/C19H20N2O2/c1-14(22)21-17-10-6-5-9-16(17)13-18(21)19(23)20-12-11-15-7-3-2-4-8-15/h2-10,18H,11-13H2,1H3,(H,20,23). The molecule has 2 aromatic carbocycles. The summed E-state index contributed by atoms with van der Waals surface area (Å²) in [6, 6.07) is 17.3. The molecule has 0 aliphatic carbocycles. The van der Waals surface area contributed by atoms with Crippen molar-refractivity contribution in [3.63, 3.8) is 0 Å². The minimum Gasteiger partial charge on any atom is -0.354 e. The zero-order valence-electron chi connectivity index (χ0n) is 13.2. The maximum absolute atomic E-state index is 12.5. The molecular weight excluding hydrogens is 288 g/mol. The largest absolute Gasteiger partial charge is 0.354 e. The fourth-order valence-electron chi connectivity index (χ4n) is 3.08. The van der Waals surface area contributed by atoms with Crippen molar-refractivity contribution >= 4 is 17.5 Å². The molecule has 118 valence electrons. The number of para-hydroxylation sites is 1. The van der Waals surface area contributed by atoms with E-state index in [2.05, 4.69) is 5.32 Å². The highest BCUT2D eigenvalue weighted by atomic mass is 16.2. The van der Waals surface area contributed by atoms with E-state index < -0.39 is 6.04 Å². The van der Waals surface area contributed by atoms with Crippen molar-refractivity contribution in [2.24, 2.45) is 0 Å². The van der Waals surface area contributed by atoms with E-state index in [1.54, 1.807) is 4.90 Å². The van der Waals surface area contributed by atoms with Crippen LogP contribution in [0.2, 0.25) is 0 Å². The lowest BCUT2D eigenvalue weighted by Crippen LogP contribution is -2.47. The zero-order valence-corrected chi connectivity index (χ0v) is 13.2. The van der Waals surface area contributed by atoms with Crippen molar-refractivity contribution < 1.29 is 9.59 Å². The van der Waals surface area contributed by atoms with Gasteiger partial charge in [-0.2, -0.15) is 0 Å². The number of hydrogen-bond acceptors (Lipinski definition) is 2. The third-order valence-electron chi connectivity index (χ3n) is 4.17. The Morgan fingerprint density at radius 2 is 1.78 bits per heavy atom. The summed E-state index contributed by atoms with van der Waals surface area (Å²) in [6.07, 6.45) is 1.36. The van der Waals surface area contributed by atoms with Crippen LogP contribution in [0.4, 0.5) is 5.69 Å².